The molecular formula is C61H74N4O. The molecule has 5 nitrogen and oxygen atoms in total. The van der Waals surface area contributed by atoms with Gasteiger partial charge in [-0.05, 0) is 92.6 Å². The average Bonchev–Trinajstić information content (AvgIpc) is 3.81. The van der Waals surface area contributed by atoms with Gasteiger partial charge < -0.3 is 14.5 Å². The molecule has 0 aliphatic carbocycles. The lowest BCUT2D eigenvalue weighted by atomic mass is 9.76. The number of hydrogen-bond donors (Lipinski definition) is 0. The number of anilines is 2. The van der Waals surface area contributed by atoms with Crippen LogP contribution in [0.1, 0.15) is 146 Å². The number of hydrogen-bond acceptors (Lipinski definition) is 4. The number of pyridine rings is 1. The number of para-hydroxylation sites is 1. The van der Waals surface area contributed by atoms with Crippen molar-refractivity contribution in [3.63, 3.8) is 0 Å². The SMILES string of the molecule is CC(C)(C)C1=C(C(C)(C)C)N(c2cc(C(C)(C)C)cc(C(C)(C)C)c2)CN1c1cccc(Oc2cc(C(C)(C)c3ccccc3)c3c4ccccc4n(-c4cc(C(C)(C)C)ccn4)c3c2)c1. The lowest BCUT2D eigenvalue weighted by molar-refractivity contribution is 0.444. The van der Waals surface area contributed by atoms with Gasteiger partial charge in [-0.15, -0.1) is 0 Å². The molecule has 0 spiro atoms. The molecule has 0 radical (unpaired) electrons. The third-order valence-corrected chi connectivity index (χ3v) is 13.5. The number of benzene rings is 5. The van der Waals surface area contributed by atoms with Crippen molar-refractivity contribution in [1.82, 2.24) is 9.55 Å². The lowest BCUT2D eigenvalue weighted by Crippen LogP contribution is -2.32. The van der Waals surface area contributed by atoms with E-state index in [1.165, 1.54) is 55.7 Å². The highest BCUT2D eigenvalue weighted by Crippen LogP contribution is 2.50. The molecular weight excluding hydrogens is 805 g/mol. The van der Waals surface area contributed by atoms with E-state index < -0.39 is 0 Å². The molecule has 7 aromatic rings. The van der Waals surface area contributed by atoms with Crippen molar-refractivity contribution in [3.05, 3.63) is 167 Å². The van der Waals surface area contributed by atoms with Crippen LogP contribution in [-0.2, 0) is 21.7 Å². The van der Waals surface area contributed by atoms with E-state index in [2.05, 4.69) is 253 Å². The van der Waals surface area contributed by atoms with Gasteiger partial charge in [0.2, 0.25) is 0 Å². The summed E-state index contributed by atoms with van der Waals surface area (Å²) in [5, 5.41) is 2.40. The van der Waals surface area contributed by atoms with E-state index in [9.17, 15) is 0 Å². The van der Waals surface area contributed by atoms with Crippen LogP contribution in [0, 0.1) is 10.8 Å². The maximum absolute atomic E-state index is 7.17. The fourth-order valence-corrected chi connectivity index (χ4v) is 9.85. The second-order valence-corrected chi connectivity index (χ2v) is 24.4. The van der Waals surface area contributed by atoms with E-state index in [4.69, 9.17) is 9.72 Å². The standard InChI is InChI=1S/C61H74N4O/c1-56(2,3)41-30-31-62-52(35-41)65-50-29-22-21-28-48(50)53-49(61(16,17)40-24-19-18-20-25-40)37-47(38-51(53)65)66-46-27-23-26-44(36-46)63-39-64(55(60(13,14)15)54(63)59(10,11)12)45-33-42(57(4,5)6)32-43(34-45)58(7,8)9/h18-38H,39H2,1-17H3. The Bertz CT molecular complexity index is 2930. The predicted octanol–water partition coefficient (Wildman–Crippen LogP) is 16.8. The molecule has 0 saturated heterocycles. The monoisotopic (exact) mass is 879 g/mol. The molecule has 1 aliphatic heterocycles. The summed E-state index contributed by atoms with van der Waals surface area (Å²) in [5.74, 6) is 2.47. The summed E-state index contributed by atoms with van der Waals surface area (Å²) in [6, 6.07) is 44.5. The number of fused-ring (bicyclic) bond motifs is 3. The van der Waals surface area contributed by atoms with Gasteiger partial charge in [0.1, 0.15) is 17.3 Å². The van der Waals surface area contributed by atoms with Gasteiger partial charge in [-0.2, -0.15) is 0 Å². The topological polar surface area (TPSA) is 33.5 Å². The highest BCUT2D eigenvalue weighted by molar-refractivity contribution is 6.11. The molecule has 0 amide bonds. The molecule has 344 valence electrons. The van der Waals surface area contributed by atoms with Crippen molar-refractivity contribution in [2.75, 3.05) is 16.5 Å². The number of allylic oxidation sites excluding steroid dienone is 2. The summed E-state index contributed by atoms with van der Waals surface area (Å²) < 4.78 is 9.50. The molecule has 0 N–H and O–H groups in total. The largest absolute Gasteiger partial charge is 0.457 e. The molecule has 0 saturated carbocycles. The first-order chi connectivity index (χ1) is 30.6. The van der Waals surface area contributed by atoms with Crippen LogP contribution in [-0.4, -0.2) is 16.2 Å². The molecule has 3 heterocycles. The highest BCUT2D eigenvalue weighted by Gasteiger charge is 2.42. The van der Waals surface area contributed by atoms with Crippen LogP contribution in [0.4, 0.5) is 11.4 Å². The Morgan fingerprint density at radius 1 is 0.439 bits per heavy atom. The van der Waals surface area contributed by atoms with Crippen LogP contribution in [0.15, 0.2) is 139 Å². The van der Waals surface area contributed by atoms with Crippen LogP contribution < -0.4 is 14.5 Å². The Labute approximate surface area is 396 Å². The van der Waals surface area contributed by atoms with Crippen molar-refractivity contribution in [3.8, 4) is 17.3 Å². The minimum Gasteiger partial charge on any atom is -0.457 e. The maximum atomic E-state index is 7.17. The smallest absolute Gasteiger partial charge is 0.137 e. The zero-order valence-corrected chi connectivity index (χ0v) is 43.0. The fraction of sp³-hybridized carbons (Fsp3) is 0.393. The predicted molar refractivity (Wildman–Crippen MR) is 282 cm³/mol. The Morgan fingerprint density at radius 3 is 1.61 bits per heavy atom. The molecule has 66 heavy (non-hydrogen) atoms. The molecule has 1 aliphatic rings. The second-order valence-electron chi connectivity index (χ2n) is 24.4. The van der Waals surface area contributed by atoms with Crippen molar-refractivity contribution in [2.24, 2.45) is 10.8 Å². The van der Waals surface area contributed by atoms with Gasteiger partial charge in [0.05, 0.1) is 17.7 Å². The normalized spacial score (nSPS) is 14.6. The van der Waals surface area contributed by atoms with Crippen LogP contribution in [0.3, 0.4) is 0 Å². The first kappa shape index (κ1) is 46.7. The van der Waals surface area contributed by atoms with Gasteiger partial charge in [-0.25, -0.2) is 4.98 Å². The van der Waals surface area contributed by atoms with Crippen LogP contribution >= 0.6 is 0 Å². The van der Waals surface area contributed by atoms with E-state index in [1.54, 1.807) is 0 Å². The molecule has 5 heteroatoms. The summed E-state index contributed by atoms with van der Waals surface area (Å²) in [6.45, 7) is 40.2. The zero-order chi connectivity index (χ0) is 47.9. The number of rotatable bonds is 7. The van der Waals surface area contributed by atoms with Gasteiger partial charge in [0, 0.05) is 68.1 Å². The lowest BCUT2D eigenvalue weighted by Gasteiger charge is -2.35. The third kappa shape index (κ3) is 8.78. The maximum Gasteiger partial charge on any atom is 0.137 e. The van der Waals surface area contributed by atoms with Gasteiger partial charge in [0.25, 0.3) is 0 Å². The minimum atomic E-state index is -0.359. The van der Waals surface area contributed by atoms with Crippen molar-refractivity contribution in [1.29, 1.82) is 0 Å². The molecule has 0 unspecified atom stereocenters. The Morgan fingerprint density at radius 2 is 1.02 bits per heavy atom. The molecule has 5 aromatic carbocycles. The second kappa shape index (κ2) is 16.2. The number of aromatic nitrogens is 2. The Hall–Kier alpha value is -5.81. The first-order valence-electron chi connectivity index (χ1n) is 24.0. The van der Waals surface area contributed by atoms with Crippen LogP contribution in [0.2, 0.25) is 0 Å². The molecule has 2 aromatic heterocycles. The van der Waals surface area contributed by atoms with Gasteiger partial charge in [-0.3, -0.25) is 4.57 Å². The third-order valence-electron chi connectivity index (χ3n) is 13.5. The summed E-state index contributed by atoms with van der Waals surface area (Å²) in [4.78, 5) is 10.2. The van der Waals surface area contributed by atoms with Crippen molar-refractivity contribution < 1.29 is 4.74 Å². The van der Waals surface area contributed by atoms with E-state index in [-0.39, 0.29) is 32.5 Å². The number of ether oxygens (including phenoxy) is 1. The van der Waals surface area contributed by atoms with Gasteiger partial charge >= 0.3 is 0 Å². The fourth-order valence-electron chi connectivity index (χ4n) is 9.85. The molecule has 8 rings (SSSR count). The summed E-state index contributed by atoms with van der Waals surface area (Å²) >= 11 is 0. The zero-order valence-electron chi connectivity index (χ0n) is 43.0. The molecule has 0 bridgehead atoms. The summed E-state index contributed by atoms with van der Waals surface area (Å²) in [6.07, 6.45) is 1.95. The summed E-state index contributed by atoms with van der Waals surface area (Å²) in [5.41, 5.74) is 12.9. The van der Waals surface area contributed by atoms with Gasteiger partial charge in [-0.1, -0.05) is 178 Å². The van der Waals surface area contributed by atoms with Gasteiger partial charge in [0.15, 0.2) is 0 Å². The van der Waals surface area contributed by atoms with Crippen LogP contribution in [0.25, 0.3) is 27.6 Å². The van der Waals surface area contributed by atoms with Crippen molar-refractivity contribution in [2.45, 2.75) is 139 Å². The Kier molecular flexibility index (Phi) is 11.5. The minimum absolute atomic E-state index is 0.0000850. The highest BCUT2D eigenvalue weighted by atomic mass is 16.5. The first-order valence-corrected chi connectivity index (χ1v) is 24.0. The number of nitrogens with zero attached hydrogens (tertiary/aromatic N) is 4. The van der Waals surface area contributed by atoms with E-state index in [0.717, 1.165) is 34.0 Å². The van der Waals surface area contributed by atoms with E-state index >= 15 is 0 Å². The quantitative estimate of drug-likeness (QED) is 0.160. The average molecular weight is 879 g/mol. The molecule has 0 atom stereocenters. The summed E-state index contributed by atoms with van der Waals surface area (Å²) in [7, 11) is 0. The van der Waals surface area contributed by atoms with Crippen LogP contribution in [0.5, 0.6) is 11.5 Å². The Balaban J connectivity index is 1.30. The van der Waals surface area contributed by atoms with Crippen molar-refractivity contribution >= 4 is 33.2 Å². The van der Waals surface area contributed by atoms with E-state index in [1.807, 2.05) is 6.20 Å². The van der Waals surface area contributed by atoms with E-state index in [0.29, 0.717) is 6.67 Å². The molecule has 0 fully saturated rings.